The van der Waals surface area contributed by atoms with Gasteiger partial charge in [0, 0.05) is 43.2 Å². The van der Waals surface area contributed by atoms with Crippen LogP contribution in [0.3, 0.4) is 0 Å². The van der Waals surface area contributed by atoms with E-state index in [2.05, 4.69) is 79.5 Å². The van der Waals surface area contributed by atoms with Gasteiger partial charge in [0.2, 0.25) is 0 Å². The van der Waals surface area contributed by atoms with Gasteiger partial charge in [-0.05, 0) is 33.3 Å². The first-order chi connectivity index (χ1) is 16.3. The van der Waals surface area contributed by atoms with Gasteiger partial charge in [-0.1, -0.05) is 91.8 Å². The number of aliphatic hydroxyl groups excluding tert-OH is 1. The van der Waals surface area contributed by atoms with Gasteiger partial charge < -0.3 is 10.1 Å². The first-order valence-electron chi connectivity index (χ1n) is 12.0. The summed E-state index contributed by atoms with van der Waals surface area (Å²) in [5.74, 6) is 0.104. The van der Waals surface area contributed by atoms with Gasteiger partial charge >= 0.3 is 0 Å². The molecule has 4 aromatic rings. The van der Waals surface area contributed by atoms with E-state index in [4.69, 9.17) is 0 Å². The normalized spacial score (nSPS) is 12.1. The van der Waals surface area contributed by atoms with Gasteiger partial charge in [0.15, 0.2) is 5.78 Å². The fourth-order valence-corrected chi connectivity index (χ4v) is 3.73. The quantitative estimate of drug-likeness (QED) is 0.102. The third kappa shape index (κ3) is 7.12. The Morgan fingerprint density at radius 2 is 1.53 bits per heavy atom. The first-order valence-corrected chi connectivity index (χ1v) is 12.0. The van der Waals surface area contributed by atoms with Crippen LogP contribution in [0.1, 0.15) is 52.7 Å². The van der Waals surface area contributed by atoms with Gasteiger partial charge in [0.25, 0.3) is 0 Å². The van der Waals surface area contributed by atoms with Crippen molar-refractivity contribution in [2.75, 3.05) is 0 Å². The number of carbonyl (C=O) groups is 1. The zero-order valence-electron chi connectivity index (χ0n) is 22.5. The topological polar surface area (TPSA) is 50.2 Å². The van der Waals surface area contributed by atoms with Gasteiger partial charge in [0.05, 0.1) is 0 Å². The number of benzene rings is 3. The molecule has 0 spiro atoms. The summed E-state index contributed by atoms with van der Waals surface area (Å²) >= 11 is 0. The second-order valence-corrected chi connectivity index (χ2v) is 11.2. The van der Waals surface area contributed by atoms with Gasteiger partial charge in [-0.3, -0.25) is 4.79 Å². The van der Waals surface area contributed by atoms with Crippen molar-refractivity contribution in [3.05, 3.63) is 89.8 Å². The van der Waals surface area contributed by atoms with Crippen LogP contribution in [-0.2, 0) is 24.9 Å². The van der Waals surface area contributed by atoms with Gasteiger partial charge in [-0.25, -0.2) is 0 Å². The standard InChI is InChI=1S/C21H16N.C11H20O2.Ir/c1-14-11-15(2)13-18(12-14)21-20-17(9-10-22-21)8-7-16-5-3-4-6-19(16)20;1-10(2,3)8(12)7-9(13)11(4,5)6;/h3-12H,1-2H3;7,12H,1-6H3;/q-1;;/b;8-7-;. The van der Waals surface area contributed by atoms with Crippen molar-refractivity contribution in [3.8, 4) is 11.3 Å². The van der Waals surface area contributed by atoms with Crippen molar-refractivity contribution < 1.29 is 30.0 Å². The molecular formula is C32H36IrNO2-. The summed E-state index contributed by atoms with van der Waals surface area (Å²) in [4.78, 5) is 16.2. The zero-order valence-corrected chi connectivity index (χ0v) is 24.9. The minimum absolute atomic E-state index is 0. The van der Waals surface area contributed by atoms with E-state index in [0.717, 1.165) is 16.8 Å². The molecule has 3 aromatic carbocycles. The van der Waals surface area contributed by atoms with E-state index in [1.807, 2.05) is 47.7 Å². The molecule has 1 aromatic heterocycles. The molecule has 1 N–H and O–H groups in total. The second-order valence-electron chi connectivity index (χ2n) is 11.2. The van der Waals surface area contributed by atoms with Crippen LogP contribution in [0.4, 0.5) is 0 Å². The molecule has 0 amide bonds. The number of aryl methyl sites for hydroxylation is 2. The summed E-state index contributed by atoms with van der Waals surface area (Å²) in [6, 6.07) is 22.7. The molecule has 0 aliphatic rings. The summed E-state index contributed by atoms with van der Waals surface area (Å²) < 4.78 is 0. The van der Waals surface area contributed by atoms with Crippen LogP contribution in [0, 0.1) is 30.7 Å². The van der Waals surface area contributed by atoms with E-state index >= 15 is 0 Å². The van der Waals surface area contributed by atoms with Crippen molar-refractivity contribution in [1.82, 2.24) is 4.98 Å². The molecule has 4 heteroatoms. The number of hydrogen-bond donors (Lipinski definition) is 1. The number of rotatable bonds is 2. The van der Waals surface area contributed by atoms with Gasteiger partial charge in [-0.2, -0.15) is 0 Å². The SMILES string of the molecule is CC(C)(C)C(=O)/C=C(\O)C(C)(C)C.Cc1[c-]c(-c2nccc3ccc4ccccc4c23)cc(C)c1.[Ir]. The molecular weight excluding hydrogens is 623 g/mol. The molecule has 0 bridgehead atoms. The van der Waals surface area contributed by atoms with E-state index in [0.29, 0.717) is 0 Å². The molecule has 0 saturated heterocycles. The van der Waals surface area contributed by atoms with Crippen LogP contribution in [0.25, 0.3) is 32.8 Å². The maximum Gasteiger partial charge on any atom is 0.164 e. The maximum absolute atomic E-state index is 11.5. The summed E-state index contributed by atoms with van der Waals surface area (Å²) in [7, 11) is 0. The van der Waals surface area contributed by atoms with Gasteiger partial charge in [-0.15, -0.1) is 34.9 Å². The Kier molecular flexibility index (Phi) is 9.40. The van der Waals surface area contributed by atoms with Crippen molar-refractivity contribution in [2.45, 2.75) is 55.4 Å². The van der Waals surface area contributed by atoms with E-state index in [-0.39, 0.29) is 37.1 Å². The second kappa shape index (κ2) is 11.5. The molecule has 1 radical (unpaired) electrons. The molecule has 0 unspecified atom stereocenters. The molecule has 191 valence electrons. The minimum atomic E-state index is -0.417. The Morgan fingerprint density at radius 1 is 0.889 bits per heavy atom. The Morgan fingerprint density at radius 3 is 2.14 bits per heavy atom. The molecule has 36 heavy (non-hydrogen) atoms. The minimum Gasteiger partial charge on any atom is -0.512 e. The molecule has 0 fully saturated rings. The largest absolute Gasteiger partial charge is 0.512 e. The number of ketones is 1. The van der Waals surface area contributed by atoms with E-state index in [1.54, 1.807) is 0 Å². The first kappa shape index (κ1) is 29.4. The van der Waals surface area contributed by atoms with Crippen LogP contribution in [0.5, 0.6) is 0 Å². The van der Waals surface area contributed by atoms with Crippen LogP contribution >= 0.6 is 0 Å². The van der Waals surface area contributed by atoms with Crippen LogP contribution in [0.15, 0.2) is 72.6 Å². The molecule has 0 aliphatic heterocycles. The van der Waals surface area contributed by atoms with Gasteiger partial charge in [0.1, 0.15) is 5.76 Å². The number of allylic oxidation sites excluding steroid dienone is 2. The average molecular weight is 659 g/mol. The number of aliphatic hydroxyl groups is 1. The molecule has 0 saturated carbocycles. The molecule has 1 heterocycles. The molecule has 3 nitrogen and oxygen atoms in total. The zero-order chi connectivity index (χ0) is 26.0. The Bertz CT molecular complexity index is 1390. The van der Waals surface area contributed by atoms with Crippen molar-refractivity contribution in [3.63, 3.8) is 0 Å². The summed E-state index contributed by atoms with van der Waals surface area (Å²) in [6.07, 6.45) is 3.22. The van der Waals surface area contributed by atoms with Crippen LogP contribution in [0.2, 0.25) is 0 Å². The number of carbonyl (C=O) groups excluding carboxylic acids is 1. The molecule has 4 rings (SSSR count). The fourth-order valence-electron chi connectivity index (χ4n) is 3.73. The smallest absolute Gasteiger partial charge is 0.164 e. The monoisotopic (exact) mass is 659 g/mol. The van der Waals surface area contributed by atoms with Crippen LogP contribution in [-0.4, -0.2) is 15.9 Å². The van der Waals surface area contributed by atoms with E-state index in [9.17, 15) is 9.90 Å². The number of pyridine rings is 1. The number of fused-ring (bicyclic) bond motifs is 3. The average Bonchev–Trinajstić information content (AvgIpc) is 2.77. The van der Waals surface area contributed by atoms with E-state index in [1.165, 1.54) is 33.2 Å². The Hall–Kier alpha value is -2.81. The van der Waals surface area contributed by atoms with Crippen molar-refractivity contribution >= 4 is 27.3 Å². The predicted octanol–water partition coefficient (Wildman–Crippen LogP) is 8.56. The van der Waals surface area contributed by atoms with Crippen molar-refractivity contribution in [2.24, 2.45) is 10.8 Å². The Balaban J connectivity index is 0.000000285. The van der Waals surface area contributed by atoms with Crippen molar-refractivity contribution in [1.29, 1.82) is 0 Å². The fraction of sp³-hybridized carbons (Fsp3) is 0.312. The summed E-state index contributed by atoms with van der Waals surface area (Å²) in [5, 5.41) is 14.5. The Labute approximate surface area is 229 Å². The number of nitrogens with zero attached hydrogens (tertiary/aromatic N) is 1. The molecule has 0 atom stereocenters. The third-order valence-corrected chi connectivity index (χ3v) is 5.83. The maximum atomic E-state index is 11.5. The summed E-state index contributed by atoms with van der Waals surface area (Å²) in [5.41, 5.74) is 3.71. The van der Waals surface area contributed by atoms with E-state index < -0.39 is 5.41 Å². The number of aromatic nitrogens is 1. The molecule has 0 aliphatic carbocycles. The van der Waals surface area contributed by atoms with Crippen LogP contribution < -0.4 is 0 Å². The summed E-state index contributed by atoms with van der Waals surface area (Å²) in [6.45, 7) is 15.3. The number of hydrogen-bond acceptors (Lipinski definition) is 3. The predicted molar refractivity (Wildman–Crippen MR) is 148 cm³/mol. The third-order valence-electron chi connectivity index (χ3n) is 5.83.